The van der Waals surface area contributed by atoms with Crippen LogP contribution in [-0.2, 0) is 16.4 Å². The molecule has 2 aromatic rings. The summed E-state index contributed by atoms with van der Waals surface area (Å²) in [5, 5.41) is 2.83. The van der Waals surface area contributed by atoms with Gasteiger partial charge in [-0.3, -0.25) is 4.79 Å². The number of benzene rings is 1. The highest BCUT2D eigenvalue weighted by Crippen LogP contribution is 2.24. The minimum absolute atomic E-state index is 0.126. The average molecular weight is 395 g/mol. The van der Waals surface area contributed by atoms with Gasteiger partial charge in [0.1, 0.15) is 0 Å². The highest BCUT2D eigenvalue weighted by Gasteiger charge is 2.23. The zero-order valence-corrected chi connectivity index (χ0v) is 17.5. The van der Waals surface area contributed by atoms with E-state index in [2.05, 4.69) is 12.2 Å². The first-order valence-corrected chi connectivity index (χ1v) is 10.9. The summed E-state index contributed by atoms with van der Waals surface area (Å²) >= 11 is 1.48. The van der Waals surface area contributed by atoms with Gasteiger partial charge >= 0.3 is 0 Å². The van der Waals surface area contributed by atoms with Crippen LogP contribution in [0.4, 0.5) is 5.69 Å². The van der Waals surface area contributed by atoms with E-state index in [9.17, 15) is 13.2 Å². The van der Waals surface area contributed by atoms with Crippen molar-refractivity contribution in [2.24, 2.45) is 0 Å². The monoisotopic (exact) mass is 394 g/mol. The lowest BCUT2D eigenvalue weighted by molar-refractivity contribution is 0.103. The smallest absolute Gasteiger partial charge is 0.265 e. The lowest BCUT2D eigenvalue weighted by Gasteiger charge is -2.21. The Bertz CT molecular complexity index is 869. The second-order valence-electron chi connectivity index (χ2n) is 6.54. The molecule has 0 saturated carbocycles. The van der Waals surface area contributed by atoms with E-state index in [1.807, 2.05) is 26.8 Å². The van der Waals surface area contributed by atoms with Crippen molar-refractivity contribution in [2.75, 3.05) is 12.4 Å². The first kappa shape index (κ1) is 20.6. The van der Waals surface area contributed by atoms with Crippen LogP contribution in [-0.4, -0.2) is 31.7 Å². The largest absolute Gasteiger partial charge is 0.321 e. The molecule has 1 heterocycles. The second-order valence-corrected chi connectivity index (χ2v) is 9.79. The van der Waals surface area contributed by atoms with Gasteiger partial charge in [0.05, 0.1) is 9.77 Å². The maximum absolute atomic E-state index is 12.5. The third-order valence-corrected chi connectivity index (χ3v) is 7.42. The molecule has 1 aromatic heterocycles. The molecule has 0 aliphatic carbocycles. The van der Waals surface area contributed by atoms with E-state index in [1.54, 1.807) is 19.2 Å². The zero-order chi connectivity index (χ0) is 19.5. The molecule has 0 bridgehead atoms. The van der Waals surface area contributed by atoms with Crippen molar-refractivity contribution in [3.63, 3.8) is 0 Å². The number of carbonyl (C=O) groups is 1. The fourth-order valence-electron chi connectivity index (χ4n) is 2.50. The van der Waals surface area contributed by atoms with Crippen LogP contribution in [0.25, 0.3) is 0 Å². The van der Waals surface area contributed by atoms with Crippen molar-refractivity contribution in [1.82, 2.24) is 4.31 Å². The summed E-state index contributed by atoms with van der Waals surface area (Å²) in [4.78, 5) is 14.5. The Kier molecular flexibility index (Phi) is 6.60. The van der Waals surface area contributed by atoms with Crippen LogP contribution in [0.5, 0.6) is 0 Å². The number of carbonyl (C=O) groups excluding carboxylic acids is 1. The Morgan fingerprint density at radius 3 is 2.38 bits per heavy atom. The van der Waals surface area contributed by atoms with Crippen LogP contribution in [0.2, 0.25) is 0 Å². The lowest BCUT2D eigenvalue weighted by atomic mass is 10.1. The molecule has 1 amide bonds. The summed E-state index contributed by atoms with van der Waals surface area (Å²) < 4.78 is 26.3. The van der Waals surface area contributed by atoms with Gasteiger partial charge in [-0.05, 0) is 63.1 Å². The van der Waals surface area contributed by atoms with Crippen LogP contribution in [0, 0.1) is 6.92 Å². The number of aryl methyl sites for hydroxylation is 2. The predicted molar refractivity (Wildman–Crippen MR) is 108 cm³/mol. The average Bonchev–Trinajstić information content (AvgIpc) is 2.96. The Labute approximate surface area is 160 Å². The molecule has 0 saturated heterocycles. The van der Waals surface area contributed by atoms with E-state index >= 15 is 0 Å². The quantitative estimate of drug-likeness (QED) is 0.762. The standard InChI is InChI=1S/C19H26N2O3S2/c1-6-7-15-12-18(25-14(15)4)19(22)20-16-8-10-17(11-9-16)26(23,24)21(5)13(2)3/h8-13H,6-7H2,1-5H3,(H,20,22). The molecule has 0 aliphatic heterocycles. The molecule has 2 rings (SSSR count). The van der Waals surface area contributed by atoms with Crippen molar-refractivity contribution >= 4 is 33.0 Å². The number of hydrogen-bond donors (Lipinski definition) is 1. The van der Waals surface area contributed by atoms with Crippen LogP contribution >= 0.6 is 11.3 Å². The summed E-state index contributed by atoms with van der Waals surface area (Å²) in [5.74, 6) is -0.171. The number of sulfonamides is 1. The normalized spacial score (nSPS) is 12.0. The summed E-state index contributed by atoms with van der Waals surface area (Å²) in [6, 6.07) is 8.09. The van der Waals surface area contributed by atoms with Crippen LogP contribution in [0.3, 0.4) is 0 Å². The Balaban J connectivity index is 2.14. The van der Waals surface area contributed by atoms with Gasteiger partial charge in [-0.1, -0.05) is 13.3 Å². The molecule has 0 spiro atoms. The highest BCUT2D eigenvalue weighted by molar-refractivity contribution is 7.89. The van der Waals surface area contributed by atoms with Crippen LogP contribution in [0.1, 0.15) is 47.3 Å². The molecule has 0 unspecified atom stereocenters. The van der Waals surface area contributed by atoms with E-state index in [4.69, 9.17) is 0 Å². The predicted octanol–water partition coefficient (Wildman–Crippen LogP) is 4.29. The van der Waals surface area contributed by atoms with E-state index in [-0.39, 0.29) is 16.8 Å². The molecule has 5 nitrogen and oxygen atoms in total. The molecule has 1 N–H and O–H groups in total. The maximum Gasteiger partial charge on any atom is 0.265 e. The molecule has 0 atom stereocenters. The SMILES string of the molecule is CCCc1cc(C(=O)Nc2ccc(S(=O)(=O)N(C)C(C)C)cc2)sc1C. The molecule has 7 heteroatoms. The number of rotatable bonds is 7. The van der Waals surface area contributed by atoms with Gasteiger partial charge in [0.15, 0.2) is 0 Å². The third-order valence-electron chi connectivity index (χ3n) is 4.28. The van der Waals surface area contributed by atoms with Gasteiger partial charge in [0.25, 0.3) is 5.91 Å². The van der Waals surface area contributed by atoms with Crippen molar-refractivity contribution in [2.45, 2.75) is 51.5 Å². The maximum atomic E-state index is 12.5. The number of hydrogen-bond acceptors (Lipinski definition) is 4. The van der Waals surface area contributed by atoms with Crippen molar-refractivity contribution in [3.8, 4) is 0 Å². The summed E-state index contributed by atoms with van der Waals surface area (Å²) in [6.45, 7) is 7.78. The molecule has 1 aromatic carbocycles. The van der Waals surface area contributed by atoms with E-state index in [0.717, 1.165) is 17.7 Å². The van der Waals surface area contributed by atoms with E-state index in [1.165, 1.54) is 33.3 Å². The fourth-order valence-corrected chi connectivity index (χ4v) is 4.83. The summed E-state index contributed by atoms with van der Waals surface area (Å²) in [6.07, 6.45) is 2.00. The van der Waals surface area contributed by atoms with E-state index < -0.39 is 10.0 Å². The second kappa shape index (κ2) is 8.33. The molecule has 26 heavy (non-hydrogen) atoms. The van der Waals surface area contributed by atoms with E-state index in [0.29, 0.717) is 10.6 Å². The molecule has 0 fully saturated rings. The minimum Gasteiger partial charge on any atom is -0.321 e. The topological polar surface area (TPSA) is 66.5 Å². The van der Waals surface area contributed by atoms with Crippen molar-refractivity contribution in [1.29, 1.82) is 0 Å². The molecular formula is C19H26N2O3S2. The first-order chi connectivity index (χ1) is 12.2. The van der Waals surface area contributed by atoms with Gasteiger partial charge in [-0.2, -0.15) is 4.31 Å². The molecular weight excluding hydrogens is 368 g/mol. The van der Waals surface area contributed by atoms with Crippen molar-refractivity contribution < 1.29 is 13.2 Å². The number of nitrogens with one attached hydrogen (secondary N) is 1. The first-order valence-electron chi connectivity index (χ1n) is 8.65. The number of amides is 1. The van der Waals surface area contributed by atoms with Crippen LogP contribution < -0.4 is 5.32 Å². The Morgan fingerprint density at radius 2 is 1.85 bits per heavy atom. The fraction of sp³-hybridized carbons (Fsp3) is 0.421. The Morgan fingerprint density at radius 1 is 1.23 bits per heavy atom. The van der Waals surface area contributed by atoms with Gasteiger partial charge in [-0.15, -0.1) is 11.3 Å². The number of anilines is 1. The molecule has 0 aliphatic rings. The van der Waals surface area contributed by atoms with Gasteiger partial charge in [0, 0.05) is 23.7 Å². The summed E-state index contributed by atoms with van der Waals surface area (Å²) in [5.41, 5.74) is 1.78. The van der Waals surface area contributed by atoms with Crippen LogP contribution in [0.15, 0.2) is 35.2 Å². The highest BCUT2D eigenvalue weighted by atomic mass is 32.2. The molecule has 0 radical (unpaired) electrons. The van der Waals surface area contributed by atoms with Crippen molar-refractivity contribution in [3.05, 3.63) is 45.6 Å². The molecule has 142 valence electrons. The number of thiophene rings is 1. The van der Waals surface area contributed by atoms with Gasteiger partial charge in [-0.25, -0.2) is 8.42 Å². The lowest BCUT2D eigenvalue weighted by Crippen LogP contribution is -2.33. The summed E-state index contributed by atoms with van der Waals surface area (Å²) in [7, 11) is -1.96. The third kappa shape index (κ3) is 4.52. The number of nitrogens with zero attached hydrogens (tertiary/aromatic N) is 1. The minimum atomic E-state index is -3.52. The van der Waals surface area contributed by atoms with Gasteiger partial charge < -0.3 is 5.32 Å². The Hall–Kier alpha value is -1.70. The van der Waals surface area contributed by atoms with Gasteiger partial charge in [0.2, 0.25) is 10.0 Å². The zero-order valence-electron chi connectivity index (χ0n) is 15.9.